The Morgan fingerprint density at radius 1 is 1.44 bits per heavy atom. The molecule has 0 aliphatic heterocycles. The van der Waals surface area contributed by atoms with Crippen molar-refractivity contribution in [2.75, 3.05) is 15.8 Å². The number of aromatic amines is 1. The lowest BCUT2D eigenvalue weighted by Crippen LogP contribution is -2.13. The summed E-state index contributed by atoms with van der Waals surface area (Å²) < 4.78 is 43.3. The Labute approximate surface area is 166 Å². The first-order valence-corrected chi connectivity index (χ1v) is 10.5. The number of carbonyl (C=O) groups is 1. The molecule has 0 spiro atoms. The quantitative estimate of drug-likeness (QED) is 0.323. The normalized spacial score (nSPS) is 12.3. The molecule has 2 aromatic rings. The van der Waals surface area contributed by atoms with Crippen LogP contribution in [0, 0.1) is 11.6 Å². The number of ketones is 1. The molecule has 0 amide bonds. The zero-order chi connectivity index (χ0) is 20.0. The maximum Gasteiger partial charge on any atom is 0.201 e. The van der Waals surface area contributed by atoms with Crippen LogP contribution in [0.5, 0.6) is 0 Å². The van der Waals surface area contributed by atoms with Crippen molar-refractivity contribution in [3.63, 3.8) is 0 Å². The van der Waals surface area contributed by atoms with E-state index in [4.69, 9.17) is 0 Å². The SMILES string of the molecule is C=Cc1c(C(=O)c2c(F)ccc(NS(=O)CCC)c2F)c[nH]c1/N=C\CBr. The van der Waals surface area contributed by atoms with Gasteiger partial charge >= 0.3 is 0 Å². The fraction of sp³-hybridized carbons (Fsp3) is 0.222. The second-order valence-electron chi connectivity index (χ2n) is 5.40. The smallest absolute Gasteiger partial charge is 0.201 e. The molecule has 0 radical (unpaired) electrons. The van der Waals surface area contributed by atoms with Gasteiger partial charge in [0.1, 0.15) is 22.6 Å². The number of anilines is 1. The predicted octanol–water partition coefficient (Wildman–Crippen LogP) is 4.75. The molecular weight excluding hydrogens is 440 g/mol. The molecule has 0 saturated heterocycles. The highest BCUT2D eigenvalue weighted by Crippen LogP contribution is 2.29. The second kappa shape index (κ2) is 9.70. The topological polar surface area (TPSA) is 74.3 Å². The number of aliphatic imine (C=N–C) groups is 1. The molecular formula is C18H18BrF2N3O2S. The minimum absolute atomic E-state index is 0.0383. The highest BCUT2D eigenvalue weighted by atomic mass is 79.9. The lowest BCUT2D eigenvalue weighted by atomic mass is 10.0. The van der Waals surface area contributed by atoms with Crippen molar-refractivity contribution in [1.29, 1.82) is 0 Å². The van der Waals surface area contributed by atoms with Gasteiger partial charge in [-0.25, -0.2) is 18.0 Å². The van der Waals surface area contributed by atoms with Crippen LogP contribution in [0.15, 0.2) is 29.9 Å². The van der Waals surface area contributed by atoms with Gasteiger partial charge in [0.25, 0.3) is 0 Å². The molecule has 1 aromatic heterocycles. The van der Waals surface area contributed by atoms with Crippen molar-refractivity contribution in [1.82, 2.24) is 4.98 Å². The largest absolute Gasteiger partial charge is 0.345 e. The number of halogens is 3. The summed E-state index contributed by atoms with van der Waals surface area (Å²) in [6.07, 6.45) is 4.90. The van der Waals surface area contributed by atoms with E-state index >= 15 is 0 Å². The van der Waals surface area contributed by atoms with Gasteiger partial charge in [-0.15, -0.1) is 0 Å². The highest BCUT2D eigenvalue weighted by molar-refractivity contribution is 9.09. The summed E-state index contributed by atoms with van der Waals surface area (Å²) in [5, 5.41) is 0.498. The monoisotopic (exact) mass is 457 g/mol. The molecule has 1 heterocycles. The van der Waals surface area contributed by atoms with Gasteiger partial charge in [-0.2, -0.15) is 0 Å². The number of carbonyl (C=O) groups excluding carboxylic acids is 1. The Kier molecular flexibility index (Phi) is 7.61. The summed E-state index contributed by atoms with van der Waals surface area (Å²) in [4.78, 5) is 19.7. The fourth-order valence-electron chi connectivity index (χ4n) is 2.38. The Morgan fingerprint density at radius 2 is 2.19 bits per heavy atom. The summed E-state index contributed by atoms with van der Waals surface area (Å²) in [6.45, 7) is 5.46. The number of alkyl halides is 1. The zero-order valence-corrected chi connectivity index (χ0v) is 16.9. The van der Waals surface area contributed by atoms with Crippen molar-refractivity contribution in [2.45, 2.75) is 13.3 Å². The summed E-state index contributed by atoms with van der Waals surface area (Å²) in [6, 6.07) is 2.08. The average molecular weight is 458 g/mol. The minimum Gasteiger partial charge on any atom is -0.345 e. The first-order chi connectivity index (χ1) is 12.9. The summed E-state index contributed by atoms with van der Waals surface area (Å²) in [5.74, 6) is -2.31. The lowest BCUT2D eigenvalue weighted by molar-refractivity contribution is 0.103. The van der Waals surface area contributed by atoms with Gasteiger partial charge in [0, 0.05) is 34.6 Å². The number of nitrogens with zero attached hydrogens (tertiary/aromatic N) is 1. The number of nitrogens with one attached hydrogen (secondary N) is 2. The molecule has 0 fully saturated rings. The van der Waals surface area contributed by atoms with Gasteiger partial charge in [-0.3, -0.25) is 4.79 Å². The number of aromatic nitrogens is 1. The molecule has 1 unspecified atom stereocenters. The van der Waals surface area contributed by atoms with Gasteiger partial charge in [0.2, 0.25) is 5.78 Å². The van der Waals surface area contributed by atoms with E-state index in [0.717, 1.165) is 12.1 Å². The standard InChI is InChI=1S/C18H18BrF2N3O2S/c1-3-9-27(26)24-14-6-5-13(20)15(16(14)21)17(25)12-10-23-18(11(12)4-2)22-8-7-19/h4-6,8,10,23-24H,2-3,7,9H2,1H3/b22-8-. The molecule has 5 nitrogen and oxygen atoms in total. The first-order valence-electron chi connectivity index (χ1n) is 8.04. The van der Waals surface area contributed by atoms with Crippen LogP contribution in [0.25, 0.3) is 6.08 Å². The number of hydrogen-bond acceptors (Lipinski definition) is 3. The summed E-state index contributed by atoms with van der Waals surface area (Å²) >= 11 is 3.20. The first kappa shape index (κ1) is 21.2. The molecule has 2 rings (SSSR count). The fourth-order valence-corrected chi connectivity index (χ4v) is 3.40. The van der Waals surface area contributed by atoms with E-state index in [1.54, 1.807) is 6.21 Å². The van der Waals surface area contributed by atoms with E-state index in [2.05, 4.69) is 37.2 Å². The van der Waals surface area contributed by atoms with Crippen LogP contribution in [0.3, 0.4) is 0 Å². The lowest BCUT2D eigenvalue weighted by Gasteiger charge is -2.10. The molecule has 9 heteroatoms. The van der Waals surface area contributed by atoms with E-state index in [0.29, 0.717) is 28.9 Å². The minimum atomic E-state index is -1.53. The Bertz CT molecular complexity index is 912. The van der Waals surface area contributed by atoms with E-state index in [9.17, 15) is 17.8 Å². The maximum atomic E-state index is 14.8. The van der Waals surface area contributed by atoms with Gasteiger partial charge in [-0.05, 0) is 18.6 Å². The highest BCUT2D eigenvalue weighted by Gasteiger charge is 2.25. The van der Waals surface area contributed by atoms with Crippen LogP contribution in [0.4, 0.5) is 20.3 Å². The van der Waals surface area contributed by atoms with Crippen molar-refractivity contribution < 1.29 is 17.8 Å². The molecule has 2 N–H and O–H groups in total. The third-order valence-corrected chi connectivity index (χ3v) is 5.08. The maximum absolute atomic E-state index is 14.8. The molecule has 0 bridgehead atoms. The van der Waals surface area contributed by atoms with Crippen LogP contribution in [-0.2, 0) is 11.0 Å². The van der Waals surface area contributed by atoms with Gasteiger partial charge in [0.15, 0.2) is 5.82 Å². The van der Waals surface area contributed by atoms with Crippen molar-refractivity contribution in [3.05, 3.63) is 53.2 Å². The number of benzene rings is 1. The zero-order valence-electron chi connectivity index (χ0n) is 14.5. The third-order valence-electron chi connectivity index (χ3n) is 3.57. The van der Waals surface area contributed by atoms with E-state index in [1.165, 1.54) is 12.3 Å². The predicted molar refractivity (Wildman–Crippen MR) is 110 cm³/mol. The van der Waals surface area contributed by atoms with E-state index in [-0.39, 0.29) is 11.3 Å². The van der Waals surface area contributed by atoms with E-state index < -0.39 is 34.0 Å². The summed E-state index contributed by atoms with van der Waals surface area (Å²) in [7, 11) is -1.53. The van der Waals surface area contributed by atoms with E-state index in [1.807, 2.05) is 6.92 Å². The molecule has 0 aliphatic carbocycles. The number of hydrogen-bond donors (Lipinski definition) is 2. The Hall–Kier alpha value is -2.13. The number of H-pyrrole nitrogens is 1. The molecule has 1 aromatic carbocycles. The van der Waals surface area contributed by atoms with Crippen molar-refractivity contribution >= 4 is 56.5 Å². The molecule has 144 valence electrons. The van der Waals surface area contributed by atoms with Crippen LogP contribution in [0.1, 0.15) is 34.8 Å². The van der Waals surface area contributed by atoms with Crippen LogP contribution in [0.2, 0.25) is 0 Å². The van der Waals surface area contributed by atoms with Crippen molar-refractivity contribution in [3.8, 4) is 0 Å². The van der Waals surface area contributed by atoms with Gasteiger partial charge < -0.3 is 9.71 Å². The molecule has 0 aliphatic rings. The summed E-state index contributed by atoms with van der Waals surface area (Å²) in [5.41, 5.74) is -0.549. The number of rotatable bonds is 9. The van der Waals surface area contributed by atoms with Crippen LogP contribution >= 0.6 is 15.9 Å². The molecule has 0 saturated carbocycles. The van der Waals surface area contributed by atoms with Crippen LogP contribution < -0.4 is 4.72 Å². The second-order valence-corrected chi connectivity index (χ2v) is 7.35. The molecule has 1 atom stereocenters. The van der Waals surface area contributed by atoms with Crippen LogP contribution in [-0.4, -0.2) is 32.3 Å². The van der Waals surface area contributed by atoms with Crippen molar-refractivity contribution in [2.24, 2.45) is 4.99 Å². The third kappa shape index (κ3) is 4.78. The molecule has 27 heavy (non-hydrogen) atoms. The Morgan fingerprint density at radius 3 is 2.81 bits per heavy atom. The van der Waals surface area contributed by atoms with Gasteiger partial charge in [-0.1, -0.05) is 35.5 Å². The average Bonchev–Trinajstić information content (AvgIpc) is 3.05. The Balaban J connectivity index is 2.47. The van der Waals surface area contributed by atoms with Gasteiger partial charge in [0.05, 0.1) is 11.3 Å².